The molecular weight excluding hydrogens is 454 g/mol. The van der Waals surface area contributed by atoms with Gasteiger partial charge >= 0.3 is 0 Å². The Morgan fingerprint density at radius 3 is 2.36 bits per heavy atom. The number of allylic oxidation sites excluding steroid dienone is 3. The van der Waals surface area contributed by atoms with Gasteiger partial charge in [-0.3, -0.25) is 4.79 Å². The average molecular weight is 461 g/mol. The molecule has 1 aromatic carbocycles. The molecule has 0 bridgehead atoms. The molecule has 0 saturated carbocycles. The van der Waals surface area contributed by atoms with E-state index in [2.05, 4.69) is 15.9 Å². The summed E-state index contributed by atoms with van der Waals surface area (Å²) in [6.45, 7) is 0.695. The Bertz CT molecular complexity index is 1190. The highest BCUT2D eigenvalue weighted by Crippen LogP contribution is 2.49. The first-order chi connectivity index (χ1) is 13.5. The van der Waals surface area contributed by atoms with E-state index in [0.29, 0.717) is 33.4 Å². The fourth-order valence-corrected chi connectivity index (χ4v) is 4.73. The molecule has 1 aliphatic heterocycles. The highest BCUT2D eigenvalue weighted by Gasteiger charge is 2.35. The van der Waals surface area contributed by atoms with Crippen LogP contribution in [-0.4, -0.2) is 19.0 Å². The second kappa shape index (κ2) is 6.86. The van der Waals surface area contributed by atoms with Crippen molar-refractivity contribution in [3.63, 3.8) is 0 Å². The van der Waals surface area contributed by atoms with Gasteiger partial charge in [0.2, 0.25) is 0 Å². The van der Waals surface area contributed by atoms with Crippen molar-refractivity contribution in [1.82, 2.24) is 0 Å². The number of nitrogens with zero attached hydrogens (tertiary/aromatic N) is 2. The van der Waals surface area contributed by atoms with E-state index < -0.39 is 17.4 Å². The van der Waals surface area contributed by atoms with Crippen molar-refractivity contribution in [3.8, 4) is 23.6 Å². The quantitative estimate of drug-likeness (QED) is 0.457. The number of hydrogen-bond donors (Lipinski definition) is 0. The molecule has 0 fully saturated rings. The standard InChI is InChI=1S/C19H7BrF2N2O3S/c20-19-18-17(26-1-2-27-18)14(28-19)5-11-15(8(6-23)7-24)9-3-12(21)13(22)4-10(9)16(11)25/h3-5H,1-2H2/b11-5-. The molecule has 9 heteroatoms. The zero-order valence-corrected chi connectivity index (χ0v) is 16.2. The predicted octanol–water partition coefficient (Wildman–Crippen LogP) is 4.64. The molecule has 0 unspecified atom stereocenters. The molecule has 0 atom stereocenters. The number of carbonyl (C=O) groups is 1. The first-order valence-electron chi connectivity index (χ1n) is 7.84. The number of benzene rings is 1. The summed E-state index contributed by atoms with van der Waals surface area (Å²) in [6.07, 6.45) is 1.45. The number of carbonyl (C=O) groups excluding carboxylic acids is 1. The maximum Gasteiger partial charge on any atom is 0.194 e. The highest BCUT2D eigenvalue weighted by atomic mass is 79.9. The maximum absolute atomic E-state index is 13.8. The van der Waals surface area contributed by atoms with Crippen LogP contribution in [0.1, 0.15) is 20.8 Å². The lowest BCUT2D eigenvalue weighted by atomic mass is 9.99. The van der Waals surface area contributed by atoms with Gasteiger partial charge in [0, 0.05) is 16.7 Å². The molecule has 0 saturated heterocycles. The van der Waals surface area contributed by atoms with E-state index >= 15 is 0 Å². The van der Waals surface area contributed by atoms with Crippen LogP contribution in [0, 0.1) is 34.3 Å². The Balaban J connectivity index is 1.98. The highest BCUT2D eigenvalue weighted by molar-refractivity contribution is 9.11. The second-order valence-corrected chi connectivity index (χ2v) is 8.14. The lowest BCUT2D eigenvalue weighted by Gasteiger charge is -2.15. The minimum Gasteiger partial charge on any atom is -0.485 e. The van der Waals surface area contributed by atoms with Crippen molar-refractivity contribution >= 4 is 44.7 Å². The van der Waals surface area contributed by atoms with Crippen molar-refractivity contribution in [1.29, 1.82) is 10.5 Å². The van der Waals surface area contributed by atoms with Crippen LogP contribution >= 0.6 is 27.3 Å². The zero-order chi connectivity index (χ0) is 20.0. The number of halogens is 3. The summed E-state index contributed by atoms with van der Waals surface area (Å²) in [6, 6.07) is 5.04. The molecular formula is C19H7BrF2N2O3S. The number of ketones is 1. The molecule has 2 heterocycles. The van der Waals surface area contributed by atoms with Crippen LogP contribution in [-0.2, 0) is 0 Å². The monoisotopic (exact) mass is 460 g/mol. The van der Waals surface area contributed by atoms with Crippen LogP contribution in [0.5, 0.6) is 11.5 Å². The van der Waals surface area contributed by atoms with E-state index in [1.54, 1.807) is 12.1 Å². The number of thiophene rings is 1. The van der Waals surface area contributed by atoms with Gasteiger partial charge in [-0.25, -0.2) is 8.78 Å². The number of ether oxygens (including phenoxy) is 2. The summed E-state index contributed by atoms with van der Waals surface area (Å²) in [5, 5.41) is 18.6. The Morgan fingerprint density at radius 2 is 1.71 bits per heavy atom. The summed E-state index contributed by atoms with van der Waals surface area (Å²) in [4.78, 5) is 13.4. The smallest absolute Gasteiger partial charge is 0.194 e. The lowest BCUT2D eigenvalue weighted by Crippen LogP contribution is -2.14. The van der Waals surface area contributed by atoms with Crippen molar-refractivity contribution in [2.45, 2.75) is 0 Å². The molecule has 4 rings (SSSR count). The van der Waals surface area contributed by atoms with E-state index in [-0.39, 0.29) is 27.8 Å². The fourth-order valence-electron chi connectivity index (χ4n) is 3.05. The number of hydrogen-bond acceptors (Lipinski definition) is 6. The fraction of sp³-hybridized carbons (Fsp3) is 0.105. The predicted molar refractivity (Wildman–Crippen MR) is 99.8 cm³/mol. The third kappa shape index (κ3) is 2.71. The van der Waals surface area contributed by atoms with Crippen molar-refractivity contribution in [3.05, 3.63) is 54.7 Å². The van der Waals surface area contributed by atoms with Gasteiger partial charge in [-0.2, -0.15) is 10.5 Å². The molecule has 0 radical (unpaired) electrons. The lowest BCUT2D eigenvalue weighted by molar-refractivity contribution is 0.104. The minimum atomic E-state index is -1.18. The van der Waals surface area contributed by atoms with E-state index in [0.717, 1.165) is 12.1 Å². The summed E-state index contributed by atoms with van der Waals surface area (Å²) >= 11 is 4.60. The summed E-state index contributed by atoms with van der Waals surface area (Å²) in [7, 11) is 0. The van der Waals surface area contributed by atoms with Gasteiger partial charge in [0.1, 0.15) is 34.7 Å². The second-order valence-electron chi connectivity index (χ2n) is 5.77. The van der Waals surface area contributed by atoms with Crippen LogP contribution in [0.3, 0.4) is 0 Å². The Labute approximate surface area is 169 Å². The first kappa shape index (κ1) is 18.4. The molecule has 2 aliphatic rings. The van der Waals surface area contributed by atoms with Crippen LogP contribution in [0.2, 0.25) is 0 Å². The van der Waals surface area contributed by atoms with E-state index in [1.807, 2.05) is 0 Å². The number of Topliss-reactive ketones (excluding diaryl/α,β-unsaturated/α-hetero) is 1. The number of rotatable bonds is 1. The third-order valence-electron chi connectivity index (χ3n) is 4.22. The van der Waals surface area contributed by atoms with Gasteiger partial charge in [0.05, 0.1) is 4.88 Å². The van der Waals surface area contributed by atoms with Crippen LogP contribution in [0.4, 0.5) is 8.78 Å². The van der Waals surface area contributed by atoms with Crippen molar-refractivity contribution in [2.24, 2.45) is 0 Å². The van der Waals surface area contributed by atoms with Gasteiger partial charge in [0.25, 0.3) is 0 Å². The zero-order valence-electron chi connectivity index (χ0n) is 13.8. The summed E-state index contributed by atoms with van der Waals surface area (Å²) < 4.78 is 39.3. The van der Waals surface area contributed by atoms with Crippen LogP contribution in [0.25, 0.3) is 11.6 Å². The van der Waals surface area contributed by atoms with E-state index in [4.69, 9.17) is 9.47 Å². The van der Waals surface area contributed by atoms with Crippen LogP contribution in [0.15, 0.2) is 27.1 Å². The van der Waals surface area contributed by atoms with Gasteiger partial charge < -0.3 is 9.47 Å². The van der Waals surface area contributed by atoms with Crippen LogP contribution < -0.4 is 9.47 Å². The third-order valence-corrected chi connectivity index (χ3v) is 5.96. The van der Waals surface area contributed by atoms with Gasteiger partial charge in [-0.15, -0.1) is 11.3 Å². The molecule has 0 amide bonds. The largest absolute Gasteiger partial charge is 0.485 e. The van der Waals surface area contributed by atoms with E-state index in [9.17, 15) is 24.1 Å². The van der Waals surface area contributed by atoms with Crippen molar-refractivity contribution < 1.29 is 23.0 Å². The average Bonchev–Trinajstić information content (AvgIpc) is 3.14. The molecule has 138 valence electrons. The molecule has 0 N–H and O–H groups in total. The van der Waals surface area contributed by atoms with Crippen molar-refractivity contribution in [2.75, 3.05) is 13.2 Å². The number of fused-ring (bicyclic) bond motifs is 2. The first-order valence-corrected chi connectivity index (χ1v) is 9.45. The SMILES string of the molecule is N#CC(C#N)=C1/C(=C/c2sc(Br)c3c2OCCO3)C(=O)c2cc(F)c(F)cc21. The molecule has 1 aromatic heterocycles. The molecule has 28 heavy (non-hydrogen) atoms. The Morgan fingerprint density at radius 1 is 1.11 bits per heavy atom. The summed E-state index contributed by atoms with van der Waals surface area (Å²) in [5.74, 6) is -2.05. The normalized spacial score (nSPS) is 16.0. The van der Waals surface area contributed by atoms with Gasteiger partial charge in [0.15, 0.2) is 28.9 Å². The topological polar surface area (TPSA) is 83.1 Å². The molecule has 2 aromatic rings. The minimum absolute atomic E-state index is 0.00917. The molecule has 1 aliphatic carbocycles. The Kier molecular flexibility index (Phi) is 4.50. The number of nitriles is 2. The maximum atomic E-state index is 13.8. The van der Waals surface area contributed by atoms with Gasteiger partial charge in [-0.1, -0.05) is 0 Å². The van der Waals surface area contributed by atoms with E-state index in [1.165, 1.54) is 17.4 Å². The van der Waals surface area contributed by atoms with Gasteiger partial charge in [-0.05, 0) is 39.7 Å². The molecule has 0 spiro atoms. The molecule has 5 nitrogen and oxygen atoms in total. The summed E-state index contributed by atoms with van der Waals surface area (Å²) in [5.41, 5.74) is -0.506. The Hall–Kier alpha value is -3.01.